The summed E-state index contributed by atoms with van der Waals surface area (Å²) in [5.74, 6) is 2.43. The molecule has 0 aliphatic rings. The molecule has 0 spiro atoms. The Balaban J connectivity index is 1.57. The average Bonchev–Trinajstić information content (AvgIpc) is 3.03. The van der Waals surface area contributed by atoms with E-state index in [0.29, 0.717) is 18.0 Å². The van der Waals surface area contributed by atoms with Gasteiger partial charge in [0.2, 0.25) is 4.77 Å². The fraction of sp³-hybridized carbons (Fsp3) is 0.263. The van der Waals surface area contributed by atoms with Crippen LogP contribution in [0.15, 0.2) is 54.6 Å². The summed E-state index contributed by atoms with van der Waals surface area (Å²) in [4.78, 5) is 6.56. The van der Waals surface area contributed by atoms with E-state index >= 15 is 0 Å². The highest BCUT2D eigenvalue weighted by atomic mass is 32.1. The molecule has 0 aliphatic carbocycles. The van der Waals surface area contributed by atoms with Crippen LogP contribution in [0.3, 0.4) is 0 Å². The zero-order chi connectivity index (χ0) is 18.4. The third-order valence-electron chi connectivity index (χ3n) is 3.91. The molecule has 0 radical (unpaired) electrons. The number of aromatic amines is 1. The monoisotopic (exact) mass is 370 g/mol. The van der Waals surface area contributed by atoms with Gasteiger partial charge in [-0.2, -0.15) is 4.98 Å². The van der Waals surface area contributed by atoms with Crippen LogP contribution in [-0.2, 0) is 6.67 Å². The van der Waals surface area contributed by atoms with Crippen molar-refractivity contribution in [2.75, 3.05) is 27.3 Å². The van der Waals surface area contributed by atoms with Gasteiger partial charge in [0.1, 0.15) is 18.1 Å². The highest BCUT2D eigenvalue weighted by Gasteiger charge is 2.07. The smallest absolute Gasteiger partial charge is 0.217 e. The van der Waals surface area contributed by atoms with Crippen molar-refractivity contribution in [2.24, 2.45) is 0 Å². The van der Waals surface area contributed by atoms with Crippen LogP contribution >= 0.6 is 12.2 Å². The average molecular weight is 370 g/mol. The second-order valence-electron chi connectivity index (χ2n) is 5.89. The largest absolute Gasteiger partial charge is 0.497 e. The summed E-state index contributed by atoms with van der Waals surface area (Å²) in [7, 11) is 3.67. The molecule has 3 aromatic rings. The molecular formula is C19H22N4O2S. The molecule has 0 saturated heterocycles. The molecule has 1 N–H and O–H groups in total. The Bertz CT molecular complexity index is 875. The van der Waals surface area contributed by atoms with Crippen LogP contribution in [-0.4, -0.2) is 47.0 Å². The van der Waals surface area contributed by atoms with Crippen molar-refractivity contribution in [1.82, 2.24) is 19.7 Å². The quantitative estimate of drug-likeness (QED) is 0.614. The summed E-state index contributed by atoms with van der Waals surface area (Å²) in [6, 6.07) is 17.5. The SMILES string of the molecule is COc1ccc(-c2nc(=S)n(CN(C)CCOc3ccccc3)[nH]2)cc1. The van der Waals surface area contributed by atoms with Gasteiger partial charge in [0.15, 0.2) is 5.82 Å². The first-order chi connectivity index (χ1) is 12.7. The fourth-order valence-corrected chi connectivity index (χ4v) is 2.67. The van der Waals surface area contributed by atoms with Crippen LogP contribution in [0.5, 0.6) is 11.5 Å². The molecule has 1 aromatic heterocycles. The summed E-state index contributed by atoms with van der Waals surface area (Å²) >= 11 is 5.37. The predicted octanol–water partition coefficient (Wildman–Crippen LogP) is 3.58. The van der Waals surface area contributed by atoms with E-state index in [0.717, 1.165) is 29.4 Å². The lowest BCUT2D eigenvalue weighted by molar-refractivity contribution is 0.198. The summed E-state index contributed by atoms with van der Waals surface area (Å²) in [6.07, 6.45) is 0. The second kappa shape index (κ2) is 8.64. The maximum atomic E-state index is 5.73. The van der Waals surface area contributed by atoms with Gasteiger partial charge in [0, 0.05) is 12.1 Å². The Morgan fingerprint density at radius 3 is 2.50 bits per heavy atom. The Labute approximate surface area is 158 Å². The summed E-state index contributed by atoms with van der Waals surface area (Å²) < 4.78 is 13.3. The van der Waals surface area contributed by atoms with Gasteiger partial charge in [-0.3, -0.25) is 10.00 Å². The van der Waals surface area contributed by atoms with Crippen LogP contribution in [0.2, 0.25) is 0 Å². The Morgan fingerprint density at radius 1 is 1.08 bits per heavy atom. The molecule has 6 nitrogen and oxygen atoms in total. The number of hydrogen-bond donors (Lipinski definition) is 1. The third kappa shape index (κ3) is 4.71. The first-order valence-corrected chi connectivity index (χ1v) is 8.74. The van der Waals surface area contributed by atoms with E-state index in [1.165, 1.54) is 0 Å². The number of ether oxygens (including phenoxy) is 2. The minimum absolute atomic E-state index is 0.520. The fourth-order valence-electron chi connectivity index (χ4n) is 2.48. The second-order valence-corrected chi connectivity index (χ2v) is 6.26. The van der Waals surface area contributed by atoms with Gasteiger partial charge in [-0.05, 0) is 55.7 Å². The first kappa shape index (κ1) is 18.2. The van der Waals surface area contributed by atoms with E-state index in [1.54, 1.807) is 7.11 Å². The summed E-state index contributed by atoms with van der Waals surface area (Å²) in [5.41, 5.74) is 0.964. The van der Waals surface area contributed by atoms with E-state index < -0.39 is 0 Å². The van der Waals surface area contributed by atoms with Crippen molar-refractivity contribution in [1.29, 1.82) is 0 Å². The Hall–Kier alpha value is -2.64. The summed E-state index contributed by atoms with van der Waals surface area (Å²) in [5, 5.41) is 3.25. The number of methoxy groups -OCH3 is 1. The van der Waals surface area contributed by atoms with E-state index in [4.69, 9.17) is 21.7 Å². The van der Waals surface area contributed by atoms with Gasteiger partial charge in [-0.25, -0.2) is 4.68 Å². The topological polar surface area (TPSA) is 55.3 Å². The third-order valence-corrected chi connectivity index (χ3v) is 4.22. The minimum Gasteiger partial charge on any atom is -0.497 e. The van der Waals surface area contributed by atoms with Crippen molar-refractivity contribution >= 4 is 12.2 Å². The molecular weight excluding hydrogens is 348 g/mol. The van der Waals surface area contributed by atoms with Gasteiger partial charge < -0.3 is 9.47 Å². The first-order valence-electron chi connectivity index (χ1n) is 8.33. The zero-order valence-electron chi connectivity index (χ0n) is 14.9. The zero-order valence-corrected chi connectivity index (χ0v) is 15.7. The number of likely N-dealkylation sites (N-methyl/N-ethyl adjacent to an activating group) is 1. The number of para-hydroxylation sites is 1. The van der Waals surface area contributed by atoms with Crippen LogP contribution < -0.4 is 9.47 Å². The highest BCUT2D eigenvalue weighted by Crippen LogP contribution is 2.19. The molecule has 0 bridgehead atoms. The maximum absolute atomic E-state index is 5.73. The van der Waals surface area contributed by atoms with Gasteiger partial charge in [0.25, 0.3) is 0 Å². The van der Waals surface area contributed by atoms with Crippen LogP contribution in [0.1, 0.15) is 0 Å². The van der Waals surface area contributed by atoms with E-state index in [-0.39, 0.29) is 0 Å². The van der Waals surface area contributed by atoms with Crippen LogP contribution in [0, 0.1) is 4.77 Å². The van der Waals surface area contributed by atoms with Gasteiger partial charge in [-0.1, -0.05) is 18.2 Å². The van der Waals surface area contributed by atoms with Gasteiger partial charge in [-0.15, -0.1) is 0 Å². The van der Waals surface area contributed by atoms with E-state index in [1.807, 2.05) is 66.3 Å². The van der Waals surface area contributed by atoms with E-state index in [2.05, 4.69) is 15.0 Å². The highest BCUT2D eigenvalue weighted by molar-refractivity contribution is 7.71. The van der Waals surface area contributed by atoms with Crippen LogP contribution in [0.4, 0.5) is 0 Å². The number of benzene rings is 2. The molecule has 0 aliphatic heterocycles. The minimum atomic E-state index is 0.520. The molecule has 0 unspecified atom stereocenters. The number of nitrogens with zero attached hydrogens (tertiary/aromatic N) is 3. The molecule has 3 rings (SSSR count). The molecule has 136 valence electrons. The molecule has 2 aromatic carbocycles. The molecule has 0 atom stereocenters. The number of aromatic nitrogens is 3. The standard InChI is InChI=1S/C19H22N4O2S/c1-22(12-13-25-17-6-4-3-5-7-17)14-23-19(26)20-18(21-23)15-8-10-16(24-2)11-9-15/h3-11H,12-14H2,1-2H3,(H,20,21,26). The van der Waals surface area contributed by atoms with Gasteiger partial charge >= 0.3 is 0 Å². The molecule has 0 fully saturated rings. The predicted molar refractivity (Wildman–Crippen MR) is 104 cm³/mol. The number of rotatable bonds is 8. The molecule has 1 heterocycles. The molecule has 0 saturated carbocycles. The van der Waals surface area contributed by atoms with Crippen LogP contribution in [0.25, 0.3) is 11.4 Å². The maximum Gasteiger partial charge on any atom is 0.217 e. The normalized spacial score (nSPS) is 10.9. The van der Waals surface area contributed by atoms with Gasteiger partial charge in [0.05, 0.1) is 13.8 Å². The Kier molecular flexibility index (Phi) is 6.04. The van der Waals surface area contributed by atoms with Crippen molar-refractivity contribution in [3.63, 3.8) is 0 Å². The lowest BCUT2D eigenvalue weighted by Crippen LogP contribution is -2.27. The molecule has 7 heteroatoms. The summed E-state index contributed by atoms with van der Waals surface area (Å²) in [6.45, 7) is 1.99. The van der Waals surface area contributed by atoms with Crippen molar-refractivity contribution in [3.05, 3.63) is 59.4 Å². The molecule has 26 heavy (non-hydrogen) atoms. The molecule has 0 amide bonds. The Morgan fingerprint density at radius 2 is 1.81 bits per heavy atom. The lowest BCUT2D eigenvalue weighted by Gasteiger charge is -2.17. The lowest BCUT2D eigenvalue weighted by atomic mass is 10.2. The number of nitrogens with one attached hydrogen (secondary N) is 1. The van der Waals surface area contributed by atoms with Crippen molar-refractivity contribution in [3.8, 4) is 22.9 Å². The van der Waals surface area contributed by atoms with Crippen molar-refractivity contribution in [2.45, 2.75) is 6.67 Å². The van der Waals surface area contributed by atoms with E-state index in [9.17, 15) is 0 Å². The number of H-pyrrole nitrogens is 1. The number of hydrogen-bond acceptors (Lipinski definition) is 5. The van der Waals surface area contributed by atoms with Crippen molar-refractivity contribution < 1.29 is 9.47 Å².